The van der Waals surface area contributed by atoms with Gasteiger partial charge in [0.25, 0.3) is 0 Å². The number of ether oxygens (including phenoxy) is 1. The van der Waals surface area contributed by atoms with Crippen molar-refractivity contribution in [2.24, 2.45) is 0 Å². The van der Waals surface area contributed by atoms with Crippen LogP contribution in [0.1, 0.15) is 5.56 Å². The van der Waals surface area contributed by atoms with Crippen molar-refractivity contribution in [2.45, 2.75) is 13.3 Å². The number of halogens is 3. The molecule has 0 fully saturated rings. The molecule has 0 atom stereocenters. The molecule has 0 saturated carbocycles. The van der Waals surface area contributed by atoms with E-state index in [1.807, 2.05) is 0 Å². The van der Waals surface area contributed by atoms with E-state index in [2.05, 4.69) is 10.8 Å². The summed E-state index contributed by atoms with van der Waals surface area (Å²) >= 11 is 0. The fraction of sp³-hybridized carbons (Fsp3) is 0.250. The van der Waals surface area contributed by atoms with Gasteiger partial charge in [0.1, 0.15) is 5.75 Å². The second-order valence-electron chi connectivity index (χ2n) is 2.28. The molecule has 1 radical (unpaired) electrons. The van der Waals surface area contributed by atoms with Crippen LogP contribution in [-0.4, -0.2) is 6.36 Å². The van der Waals surface area contributed by atoms with Crippen LogP contribution in [0.5, 0.6) is 5.75 Å². The van der Waals surface area contributed by atoms with E-state index >= 15 is 0 Å². The molecular weight excluding hydrogens is 169 g/mol. The molecule has 12 heavy (non-hydrogen) atoms. The molecule has 0 amide bonds. The van der Waals surface area contributed by atoms with Gasteiger partial charge in [-0.3, -0.25) is 0 Å². The van der Waals surface area contributed by atoms with Crippen molar-refractivity contribution in [3.63, 3.8) is 0 Å². The van der Waals surface area contributed by atoms with Gasteiger partial charge in [0, 0.05) is 6.07 Å². The predicted octanol–water partition coefficient (Wildman–Crippen LogP) is 2.69. The molecule has 0 aliphatic rings. The van der Waals surface area contributed by atoms with Gasteiger partial charge >= 0.3 is 6.36 Å². The molecule has 0 aromatic heterocycles. The topological polar surface area (TPSA) is 9.23 Å². The Hall–Kier alpha value is -1.19. The van der Waals surface area contributed by atoms with E-state index in [9.17, 15) is 13.2 Å². The molecule has 0 saturated heterocycles. The van der Waals surface area contributed by atoms with Crippen LogP contribution in [0.25, 0.3) is 0 Å². The Labute approximate surface area is 67.8 Å². The summed E-state index contributed by atoms with van der Waals surface area (Å²) < 4.78 is 38.4. The zero-order chi connectivity index (χ0) is 9.19. The third-order valence-corrected chi connectivity index (χ3v) is 1.17. The van der Waals surface area contributed by atoms with Gasteiger partial charge in [-0.05, 0) is 19.1 Å². The van der Waals surface area contributed by atoms with Gasteiger partial charge in [0.05, 0.1) is 0 Å². The van der Waals surface area contributed by atoms with E-state index in [-0.39, 0.29) is 5.75 Å². The fourth-order valence-electron chi connectivity index (χ4n) is 0.676. The van der Waals surface area contributed by atoms with Crippen molar-refractivity contribution < 1.29 is 17.9 Å². The first-order valence-electron chi connectivity index (χ1n) is 3.21. The molecule has 0 bridgehead atoms. The van der Waals surface area contributed by atoms with Crippen LogP contribution in [0.2, 0.25) is 0 Å². The summed E-state index contributed by atoms with van der Waals surface area (Å²) in [5.41, 5.74) is 0.838. The monoisotopic (exact) mass is 175 g/mol. The van der Waals surface area contributed by atoms with E-state index in [1.54, 1.807) is 6.92 Å². The summed E-state index contributed by atoms with van der Waals surface area (Å²) in [5, 5.41) is 0. The first-order chi connectivity index (χ1) is 5.47. The molecule has 1 rings (SSSR count). The third kappa shape index (κ3) is 2.82. The maximum atomic E-state index is 11.6. The number of hydrogen-bond acceptors (Lipinski definition) is 1. The highest BCUT2D eigenvalue weighted by Crippen LogP contribution is 2.21. The van der Waals surface area contributed by atoms with Gasteiger partial charge in [0.2, 0.25) is 0 Å². The van der Waals surface area contributed by atoms with Gasteiger partial charge in [-0.1, -0.05) is 11.6 Å². The standard InChI is InChI=1S/C8H6F3O/c1-6-2-4-7(5-3-6)12-8(9,10)11/h2-4H,1H3. The molecule has 0 unspecified atom stereocenters. The SMILES string of the molecule is Cc1c[c]c(OC(F)(F)F)cc1. The summed E-state index contributed by atoms with van der Waals surface area (Å²) in [6, 6.07) is 6.53. The molecule has 0 aliphatic carbocycles. The summed E-state index contributed by atoms with van der Waals surface area (Å²) in [4.78, 5) is 0. The Balaban J connectivity index is 2.71. The number of rotatable bonds is 1. The molecule has 1 aromatic rings. The molecule has 0 N–H and O–H groups in total. The van der Waals surface area contributed by atoms with Crippen molar-refractivity contribution in [3.05, 3.63) is 29.8 Å². The molecule has 65 valence electrons. The van der Waals surface area contributed by atoms with Crippen LogP contribution in [0.4, 0.5) is 13.2 Å². The first-order valence-corrected chi connectivity index (χ1v) is 3.21. The average Bonchev–Trinajstić information content (AvgIpc) is 1.91. The Kier molecular flexibility index (Phi) is 2.26. The number of aryl methyl sites for hydroxylation is 1. The number of hydrogen-bond donors (Lipinski definition) is 0. The maximum absolute atomic E-state index is 11.6. The van der Waals surface area contributed by atoms with Gasteiger partial charge in [-0.2, -0.15) is 0 Å². The minimum absolute atomic E-state index is 0.312. The minimum atomic E-state index is -4.63. The van der Waals surface area contributed by atoms with Gasteiger partial charge in [0.15, 0.2) is 0 Å². The van der Waals surface area contributed by atoms with Crippen LogP contribution in [-0.2, 0) is 0 Å². The van der Waals surface area contributed by atoms with Crippen LogP contribution >= 0.6 is 0 Å². The average molecular weight is 175 g/mol. The Morgan fingerprint density at radius 1 is 1.33 bits per heavy atom. The zero-order valence-electron chi connectivity index (χ0n) is 6.27. The maximum Gasteiger partial charge on any atom is 0.573 e. The molecule has 0 aliphatic heterocycles. The van der Waals surface area contributed by atoms with E-state index in [4.69, 9.17) is 0 Å². The molecule has 0 heterocycles. The molecule has 1 nitrogen and oxygen atoms in total. The van der Waals surface area contributed by atoms with Gasteiger partial charge in [-0.25, -0.2) is 0 Å². The highest BCUT2D eigenvalue weighted by atomic mass is 19.4. The summed E-state index contributed by atoms with van der Waals surface area (Å²) in [6.45, 7) is 1.76. The van der Waals surface area contributed by atoms with E-state index in [0.29, 0.717) is 0 Å². The fourth-order valence-corrected chi connectivity index (χ4v) is 0.676. The van der Waals surface area contributed by atoms with E-state index in [1.165, 1.54) is 18.2 Å². The lowest BCUT2D eigenvalue weighted by molar-refractivity contribution is -0.274. The number of benzene rings is 1. The Morgan fingerprint density at radius 2 is 2.00 bits per heavy atom. The van der Waals surface area contributed by atoms with Crippen molar-refractivity contribution >= 4 is 0 Å². The van der Waals surface area contributed by atoms with Crippen molar-refractivity contribution in [1.29, 1.82) is 0 Å². The second-order valence-corrected chi connectivity index (χ2v) is 2.28. The zero-order valence-corrected chi connectivity index (χ0v) is 6.27. The van der Waals surface area contributed by atoms with Crippen LogP contribution in [0, 0.1) is 13.0 Å². The van der Waals surface area contributed by atoms with Crippen LogP contribution in [0.3, 0.4) is 0 Å². The quantitative estimate of drug-likeness (QED) is 0.637. The van der Waals surface area contributed by atoms with Crippen LogP contribution < -0.4 is 4.74 Å². The predicted molar refractivity (Wildman–Crippen MR) is 36.7 cm³/mol. The van der Waals surface area contributed by atoms with E-state index in [0.717, 1.165) is 5.56 Å². The lowest BCUT2D eigenvalue weighted by Gasteiger charge is -2.07. The second kappa shape index (κ2) is 3.05. The van der Waals surface area contributed by atoms with Crippen molar-refractivity contribution in [2.75, 3.05) is 0 Å². The van der Waals surface area contributed by atoms with Gasteiger partial charge < -0.3 is 4.74 Å². The van der Waals surface area contributed by atoms with E-state index < -0.39 is 6.36 Å². The summed E-state index contributed by atoms with van der Waals surface area (Å²) in [6.07, 6.45) is -4.63. The minimum Gasteiger partial charge on any atom is -0.405 e. The van der Waals surface area contributed by atoms with Crippen LogP contribution in [0.15, 0.2) is 18.2 Å². The summed E-state index contributed by atoms with van der Waals surface area (Å²) in [5.74, 6) is -0.312. The Morgan fingerprint density at radius 3 is 2.42 bits per heavy atom. The highest BCUT2D eigenvalue weighted by Gasteiger charge is 2.30. The smallest absolute Gasteiger partial charge is 0.405 e. The number of alkyl halides is 3. The molecule has 0 spiro atoms. The van der Waals surface area contributed by atoms with Gasteiger partial charge in [-0.15, -0.1) is 13.2 Å². The molecule has 1 aromatic carbocycles. The normalized spacial score (nSPS) is 11.3. The highest BCUT2D eigenvalue weighted by molar-refractivity contribution is 5.24. The van der Waals surface area contributed by atoms with Crippen molar-refractivity contribution in [3.8, 4) is 5.75 Å². The Bertz CT molecular complexity index is 250. The molecule has 4 heteroatoms. The first kappa shape index (κ1) is 8.90. The van der Waals surface area contributed by atoms with Crippen molar-refractivity contribution in [1.82, 2.24) is 0 Å². The summed E-state index contributed by atoms with van der Waals surface area (Å²) in [7, 11) is 0. The lowest BCUT2D eigenvalue weighted by Crippen LogP contribution is -2.17. The largest absolute Gasteiger partial charge is 0.573 e. The third-order valence-electron chi connectivity index (χ3n) is 1.17. The lowest BCUT2D eigenvalue weighted by atomic mass is 10.2. The molecular formula is C8H6F3O.